The summed E-state index contributed by atoms with van der Waals surface area (Å²) in [5.41, 5.74) is 6.64. The molecule has 4 aromatic rings. The molecule has 5 rings (SSSR count). The van der Waals surface area contributed by atoms with E-state index in [0.717, 1.165) is 50.6 Å². The second-order valence-electron chi connectivity index (χ2n) is 7.59. The molecule has 0 aliphatic carbocycles. The summed E-state index contributed by atoms with van der Waals surface area (Å²) in [7, 11) is 1.81. The lowest BCUT2D eigenvalue weighted by atomic mass is 10.0. The highest BCUT2D eigenvalue weighted by molar-refractivity contribution is 6.00. The van der Waals surface area contributed by atoms with Gasteiger partial charge in [0.25, 0.3) is 0 Å². The number of urea groups is 1. The molecule has 2 amide bonds. The van der Waals surface area contributed by atoms with Crippen molar-refractivity contribution in [3.05, 3.63) is 54.1 Å². The Bertz CT molecular complexity index is 1260. The van der Waals surface area contributed by atoms with Crippen molar-refractivity contribution in [2.24, 2.45) is 0 Å². The lowest BCUT2D eigenvalue weighted by Gasteiger charge is -2.17. The van der Waals surface area contributed by atoms with Gasteiger partial charge in [0.15, 0.2) is 0 Å². The summed E-state index contributed by atoms with van der Waals surface area (Å²) in [4.78, 5) is 29.8. The van der Waals surface area contributed by atoms with Gasteiger partial charge in [0.05, 0.1) is 28.8 Å². The molecule has 0 saturated carbocycles. The normalized spacial score (nSPS) is 14.2. The van der Waals surface area contributed by atoms with Crippen molar-refractivity contribution in [3.8, 4) is 22.6 Å². The number of carbonyl (C=O) groups excluding carboxylic acids is 1. The Morgan fingerprint density at radius 1 is 0.967 bits per heavy atom. The largest absolute Gasteiger partial charge is 0.326 e. The van der Waals surface area contributed by atoms with Crippen LogP contribution in [0.1, 0.15) is 11.4 Å². The first-order valence-electron chi connectivity index (χ1n) is 9.78. The quantitative estimate of drug-likeness (QED) is 0.569. The number of aromatic nitrogens is 5. The minimum absolute atomic E-state index is 0.00180. The number of hydrogen-bond acceptors (Lipinski definition) is 5. The fraction of sp³-hybridized carbons (Fsp3) is 0.227. The number of hydrogen-bond donors (Lipinski definition) is 1. The summed E-state index contributed by atoms with van der Waals surface area (Å²) in [6.45, 7) is 5.24. The summed E-state index contributed by atoms with van der Waals surface area (Å²) in [5, 5.41) is 8.29. The van der Waals surface area contributed by atoms with Gasteiger partial charge < -0.3 is 4.90 Å². The smallest absolute Gasteiger partial charge is 0.324 e. The number of H-pyrrole nitrogens is 1. The van der Waals surface area contributed by atoms with Crippen molar-refractivity contribution in [2.45, 2.75) is 13.8 Å². The van der Waals surface area contributed by atoms with Gasteiger partial charge in [-0.05, 0) is 38.1 Å². The van der Waals surface area contributed by atoms with Crippen molar-refractivity contribution in [2.75, 3.05) is 25.0 Å². The molecule has 1 aliphatic rings. The molecule has 1 saturated heterocycles. The van der Waals surface area contributed by atoms with E-state index in [-0.39, 0.29) is 6.03 Å². The molecule has 1 fully saturated rings. The number of rotatable bonds is 3. The fourth-order valence-electron chi connectivity index (χ4n) is 3.70. The lowest BCUT2D eigenvalue weighted by molar-refractivity contribution is 0.229. The number of carbonyl (C=O) groups is 1. The van der Waals surface area contributed by atoms with E-state index in [1.807, 2.05) is 51.2 Å². The average Bonchev–Trinajstić information content (AvgIpc) is 3.33. The van der Waals surface area contributed by atoms with Gasteiger partial charge in [-0.2, -0.15) is 5.10 Å². The maximum atomic E-state index is 12.5. The summed E-state index contributed by atoms with van der Waals surface area (Å²) in [6.07, 6.45) is 3.53. The highest BCUT2D eigenvalue weighted by atomic mass is 16.2. The molecular weight excluding hydrogens is 378 g/mol. The first-order valence-corrected chi connectivity index (χ1v) is 9.78. The van der Waals surface area contributed by atoms with Crippen LogP contribution in [0.4, 0.5) is 10.5 Å². The van der Waals surface area contributed by atoms with Crippen LogP contribution in [0.25, 0.3) is 33.5 Å². The number of nitrogens with one attached hydrogen (secondary N) is 1. The van der Waals surface area contributed by atoms with E-state index < -0.39 is 0 Å². The molecule has 0 radical (unpaired) electrons. The molecule has 8 nitrogen and oxygen atoms in total. The molecule has 0 atom stereocenters. The van der Waals surface area contributed by atoms with Crippen LogP contribution in [-0.2, 0) is 0 Å². The van der Waals surface area contributed by atoms with E-state index in [4.69, 9.17) is 4.98 Å². The van der Waals surface area contributed by atoms with Gasteiger partial charge in [0.1, 0.15) is 5.69 Å². The number of fused-ring (bicyclic) bond motifs is 1. The second kappa shape index (κ2) is 6.91. The summed E-state index contributed by atoms with van der Waals surface area (Å²) < 4.78 is 0. The van der Waals surface area contributed by atoms with Gasteiger partial charge in [-0.15, -0.1) is 0 Å². The van der Waals surface area contributed by atoms with E-state index in [1.54, 1.807) is 22.2 Å². The summed E-state index contributed by atoms with van der Waals surface area (Å²) in [5.74, 6) is 0. The third-order valence-corrected chi connectivity index (χ3v) is 5.35. The van der Waals surface area contributed by atoms with Crippen molar-refractivity contribution in [1.29, 1.82) is 0 Å². The molecule has 4 heterocycles. The van der Waals surface area contributed by atoms with Gasteiger partial charge in [-0.25, -0.2) is 9.78 Å². The minimum atomic E-state index is -0.00180. The first kappa shape index (κ1) is 18.2. The number of nitrogens with zero attached hydrogens (tertiary/aromatic N) is 6. The molecule has 30 heavy (non-hydrogen) atoms. The SMILES string of the molecule is Cc1cnc(-c2cc(-c3cc(C)[nH]n3)nc3cc(N4CCN(C)C4=O)ccc23)cn1. The van der Waals surface area contributed by atoms with Crippen LogP contribution in [0, 0.1) is 13.8 Å². The van der Waals surface area contributed by atoms with E-state index in [1.165, 1.54) is 0 Å². The molecule has 1 aliphatic heterocycles. The zero-order valence-electron chi connectivity index (χ0n) is 17.0. The number of pyridine rings is 1. The molecule has 3 aromatic heterocycles. The number of benzene rings is 1. The Morgan fingerprint density at radius 3 is 2.50 bits per heavy atom. The molecule has 1 N–H and O–H groups in total. The lowest BCUT2D eigenvalue weighted by Crippen LogP contribution is -2.29. The number of likely N-dealkylation sites (N-methyl/N-ethyl adjacent to an activating group) is 1. The standard InChI is InChI=1S/C22H21N7O/c1-13-8-20(27-26-13)19-10-17(21-12-23-14(2)11-24-21)16-5-4-15(9-18(16)25-19)29-7-6-28(3)22(29)30/h4-5,8-12H,6-7H2,1-3H3,(H,26,27). The first-order chi connectivity index (χ1) is 14.5. The Hall–Kier alpha value is -3.81. The number of aryl methyl sites for hydroxylation is 2. The Labute approximate surface area is 173 Å². The number of anilines is 1. The molecular formula is C22H21N7O. The Morgan fingerprint density at radius 2 is 1.83 bits per heavy atom. The fourth-order valence-corrected chi connectivity index (χ4v) is 3.70. The van der Waals surface area contributed by atoms with Crippen LogP contribution in [0.15, 0.2) is 42.7 Å². The maximum Gasteiger partial charge on any atom is 0.324 e. The summed E-state index contributed by atoms with van der Waals surface area (Å²) >= 11 is 0. The maximum absolute atomic E-state index is 12.5. The predicted octanol–water partition coefficient (Wildman–Crippen LogP) is 3.57. The van der Waals surface area contributed by atoms with Gasteiger partial charge in [-0.3, -0.25) is 20.0 Å². The van der Waals surface area contributed by atoms with Crippen molar-refractivity contribution < 1.29 is 4.79 Å². The third-order valence-electron chi connectivity index (χ3n) is 5.35. The Balaban J connectivity index is 1.71. The molecule has 0 bridgehead atoms. The highest BCUT2D eigenvalue weighted by Crippen LogP contribution is 2.33. The van der Waals surface area contributed by atoms with Crippen LogP contribution < -0.4 is 4.90 Å². The average molecular weight is 399 g/mol. The van der Waals surface area contributed by atoms with Gasteiger partial charge in [0, 0.05) is 48.7 Å². The van der Waals surface area contributed by atoms with Crippen molar-refractivity contribution in [3.63, 3.8) is 0 Å². The van der Waals surface area contributed by atoms with Crippen molar-refractivity contribution in [1.82, 2.24) is 30.0 Å². The van der Waals surface area contributed by atoms with Crippen LogP contribution in [0.3, 0.4) is 0 Å². The van der Waals surface area contributed by atoms with E-state index in [9.17, 15) is 4.79 Å². The Kier molecular flexibility index (Phi) is 4.20. The molecule has 8 heteroatoms. The van der Waals surface area contributed by atoms with Crippen LogP contribution >= 0.6 is 0 Å². The van der Waals surface area contributed by atoms with Gasteiger partial charge >= 0.3 is 6.03 Å². The molecule has 150 valence electrons. The predicted molar refractivity (Wildman–Crippen MR) is 115 cm³/mol. The molecule has 0 unspecified atom stereocenters. The summed E-state index contributed by atoms with van der Waals surface area (Å²) in [6, 6.07) is 9.87. The number of amides is 2. The monoisotopic (exact) mass is 399 g/mol. The minimum Gasteiger partial charge on any atom is -0.326 e. The van der Waals surface area contributed by atoms with Crippen LogP contribution in [0.5, 0.6) is 0 Å². The molecule has 0 spiro atoms. The highest BCUT2D eigenvalue weighted by Gasteiger charge is 2.27. The van der Waals surface area contributed by atoms with Crippen LogP contribution in [0.2, 0.25) is 0 Å². The third kappa shape index (κ3) is 3.06. The van der Waals surface area contributed by atoms with E-state index in [2.05, 4.69) is 20.2 Å². The van der Waals surface area contributed by atoms with Gasteiger partial charge in [0.2, 0.25) is 0 Å². The zero-order chi connectivity index (χ0) is 20.8. The van der Waals surface area contributed by atoms with Gasteiger partial charge in [-0.1, -0.05) is 6.07 Å². The van der Waals surface area contributed by atoms with Crippen LogP contribution in [-0.4, -0.2) is 56.2 Å². The second-order valence-corrected chi connectivity index (χ2v) is 7.59. The topological polar surface area (TPSA) is 90.9 Å². The molecule has 1 aromatic carbocycles. The zero-order valence-corrected chi connectivity index (χ0v) is 17.0. The van der Waals surface area contributed by atoms with E-state index in [0.29, 0.717) is 13.1 Å². The van der Waals surface area contributed by atoms with Crippen molar-refractivity contribution >= 4 is 22.6 Å². The van der Waals surface area contributed by atoms with E-state index >= 15 is 0 Å². The number of aromatic amines is 1.